The van der Waals surface area contributed by atoms with Crippen LogP contribution < -0.4 is 0 Å². The first kappa shape index (κ1) is 31.3. The molecule has 1 rings (SSSR count). The van der Waals surface area contributed by atoms with Crippen molar-refractivity contribution in [3.05, 3.63) is 37.0 Å². The highest BCUT2D eigenvalue weighted by Gasteiger charge is 2.17. The molecule has 3 nitrogen and oxygen atoms in total. The Bertz CT molecular complexity index is 400. The third-order valence-corrected chi connectivity index (χ3v) is 4.24. The van der Waals surface area contributed by atoms with Gasteiger partial charge in [-0.1, -0.05) is 38.5 Å². The van der Waals surface area contributed by atoms with Crippen LogP contribution in [0.1, 0.15) is 65.7 Å². The molecule has 0 spiro atoms. The fourth-order valence-electron chi connectivity index (χ4n) is 2.70. The highest BCUT2D eigenvalue weighted by atomic mass is 19.1. The van der Waals surface area contributed by atoms with Gasteiger partial charge in [-0.05, 0) is 63.9 Å². The van der Waals surface area contributed by atoms with Crippen molar-refractivity contribution in [3.63, 3.8) is 0 Å². The molecular weight excluding hydrogens is 353 g/mol. The van der Waals surface area contributed by atoms with Gasteiger partial charge in [-0.25, -0.2) is 0 Å². The maximum absolute atomic E-state index is 9.50. The summed E-state index contributed by atoms with van der Waals surface area (Å²) in [6.45, 7) is 15.9. The predicted molar refractivity (Wildman–Crippen MR) is 120 cm³/mol. The topological polar surface area (TPSA) is 42.2 Å². The number of halogens is 1. The Morgan fingerprint density at radius 3 is 2.14 bits per heavy atom. The molecule has 4 heteroatoms. The Labute approximate surface area is 174 Å². The molecule has 0 bridgehead atoms. The van der Waals surface area contributed by atoms with E-state index in [1.54, 1.807) is 26.2 Å². The van der Waals surface area contributed by atoms with Gasteiger partial charge < -0.3 is 9.47 Å². The summed E-state index contributed by atoms with van der Waals surface area (Å²) in [5.41, 5.74) is 0.690. The second kappa shape index (κ2) is 27.8. The van der Waals surface area contributed by atoms with E-state index in [1.807, 2.05) is 13.0 Å². The third kappa shape index (κ3) is 24.6. The summed E-state index contributed by atoms with van der Waals surface area (Å²) < 4.78 is 19.7. The van der Waals surface area contributed by atoms with Crippen molar-refractivity contribution in [2.75, 3.05) is 34.1 Å². The second-order valence-corrected chi connectivity index (χ2v) is 6.61. The zero-order valence-electron chi connectivity index (χ0n) is 19.0. The molecule has 0 amide bonds. The molecule has 0 N–H and O–H groups in total. The zero-order valence-corrected chi connectivity index (χ0v) is 19.0. The van der Waals surface area contributed by atoms with Crippen molar-refractivity contribution >= 4 is 0 Å². The van der Waals surface area contributed by atoms with Crippen LogP contribution in [-0.4, -0.2) is 34.1 Å². The first-order valence-electron chi connectivity index (χ1n) is 10.3. The molecule has 1 saturated carbocycles. The van der Waals surface area contributed by atoms with Gasteiger partial charge in [0.25, 0.3) is 0 Å². The molecule has 1 aliphatic carbocycles. The lowest BCUT2D eigenvalue weighted by molar-refractivity contribution is 0.0940. The monoisotopic (exact) mass is 397 g/mol. The average Bonchev–Trinajstić information content (AvgIpc) is 2.96. The smallest absolute Gasteiger partial charge is 0.0944 e. The summed E-state index contributed by atoms with van der Waals surface area (Å²) in [5, 5.41) is 8.10. The predicted octanol–water partition coefficient (Wildman–Crippen LogP) is 7.07. The SMILES string of the molecule is C=C/C=C(\C)C#N.C=CCC1CCCC(COCCC)CC1.CCOC.CF. The highest BCUT2D eigenvalue weighted by Crippen LogP contribution is 2.29. The van der Waals surface area contributed by atoms with Crippen molar-refractivity contribution in [1.82, 2.24) is 0 Å². The van der Waals surface area contributed by atoms with Gasteiger partial charge in [0.2, 0.25) is 0 Å². The van der Waals surface area contributed by atoms with E-state index in [-0.39, 0.29) is 0 Å². The summed E-state index contributed by atoms with van der Waals surface area (Å²) in [5.74, 6) is 1.73. The van der Waals surface area contributed by atoms with E-state index in [1.165, 1.54) is 38.5 Å². The first-order valence-corrected chi connectivity index (χ1v) is 10.3. The number of hydrogen-bond donors (Lipinski definition) is 0. The van der Waals surface area contributed by atoms with E-state index in [0.717, 1.165) is 38.1 Å². The number of allylic oxidation sites excluding steroid dienone is 4. The Morgan fingerprint density at radius 1 is 1.14 bits per heavy atom. The number of hydrogen-bond acceptors (Lipinski definition) is 3. The Hall–Kier alpha value is -1.44. The van der Waals surface area contributed by atoms with Gasteiger partial charge in [-0.15, -0.1) is 6.58 Å². The zero-order chi connectivity index (χ0) is 22.0. The lowest BCUT2D eigenvalue weighted by Crippen LogP contribution is -2.09. The number of rotatable bonds is 8. The van der Waals surface area contributed by atoms with Crippen molar-refractivity contribution in [1.29, 1.82) is 5.26 Å². The number of nitriles is 1. The van der Waals surface area contributed by atoms with Gasteiger partial charge in [-0.2, -0.15) is 5.26 Å². The van der Waals surface area contributed by atoms with Gasteiger partial charge in [0, 0.05) is 32.5 Å². The van der Waals surface area contributed by atoms with Crippen molar-refractivity contribution in [3.8, 4) is 6.07 Å². The molecule has 0 aromatic rings. The van der Waals surface area contributed by atoms with Gasteiger partial charge in [0.1, 0.15) is 0 Å². The Balaban J connectivity index is -0.000000401. The lowest BCUT2D eigenvalue weighted by atomic mass is 9.96. The Kier molecular flexibility index (Phi) is 31.0. The first-order chi connectivity index (χ1) is 13.6. The number of methoxy groups -OCH3 is 1. The van der Waals surface area contributed by atoms with Crippen LogP contribution in [0.25, 0.3) is 0 Å². The molecule has 0 heterocycles. The van der Waals surface area contributed by atoms with Crippen molar-refractivity contribution in [2.45, 2.75) is 65.7 Å². The van der Waals surface area contributed by atoms with Crippen LogP contribution in [0.3, 0.4) is 0 Å². The molecule has 0 saturated heterocycles. The van der Waals surface area contributed by atoms with Crippen LogP contribution in [0.5, 0.6) is 0 Å². The molecule has 1 fully saturated rings. The van der Waals surface area contributed by atoms with Crippen molar-refractivity contribution in [2.24, 2.45) is 11.8 Å². The van der Waals surface area contributed by atoms with E-state index in [9.17, 15) is 4.39 Å². The minimum Gasteiger partial charge on any atom is -0.385 e. The lowest BCUT2D eigenvalue weighted by Gasteiger charge is -2.14. The molecule has 0 radical (unpaired) electrons. The van der Waals surface area contributed by atoms with Gasteiger partial charge in [-0.3, -0.25) is 4.39 Å². The highest BCUT2D eigenvalue weighted by molar-refractivity contribution is 5.21. The van der Waals surface area contributed by atoms with Crippen LogP contribution in [0.2, 0.25) is 0 Å². The molecule has 1 aliphatic rings. The second-order valence-electron chi connectivity index (χ2n) is 6.61. The molecule has 2 atom stereocenters. The molecule has 28 heavy (non-hydrogen) atoms. The molecule has 0 aromatic carbocycles. The van der Waals surface area contributed by atoms with Crippen LogP contribution in [0, 0.1) is 23.2 Å². The average molecular weight is 398 g/mol. The molecule has 0 aliphatic heterocycles. The van der Waals surface area contributed by atoms with Gasteiger partial charge in [0.15, 0.2) is 0 Å². The minimum atomic E-state index is 0.500. The van der Waals surface area contributed by atoms with Gasteiger partial charge >= 0.3 is 0 Å². The number of nitrogens with zero attached hydrogens (tertiary/aromatic N) is 1. The van der Waals surface area contributed by atoms with E-state index in [4.69, 9.17) is 10.00 Å². The van der Waals surface area contributed by atoms with Gasteiger partial charge in [0.05, 0.1) is 13.2 Å². The standard InChI is InChI=1S/C14H26O.C6H7N.C3H8O.CH3F/c1-3-6-13-7-5-8-14(10-9-13)12-15-11-4-2;1-3-4-6(2)5-7;1-3-4-2;1-2/h3,13-14H,1,4-12H2,2H3;3-4H,1H2,2H3;3H2,1-2H3;1H3/b;6-4+;;. The van der Waals surface area contributed by atoms with E-state index >= 15 is 0 Å². The van der Waals surface area contributed by atoms with E-state index in [2.05, 4.69) is 30.9 Å². The summed E-state index contributed by atoms with van der Waals surface area (Å²) >= 11 is 0. The maximum atomic E-state index is 9.50. The fourth-order valence-corrected chi connectivity index (χ4v) is 2.70. The summed E-state index contributed by atoms with van der Waals surface area (Å²) in [4.78, 5) is 0. The molecule has 0 aromatic heterocycles. The Morgan fingerprint density at radius 2 is 1.71 bits per heavy atom. The summed E-state index contributed by atoms with van der Waals surface area (Å²) in [7, 11) is 2.18. The van der Waals surface area contributed by atoms with Crippen molar-refractivity contribution < 1.29 is 13.9 Å². The fraction of sp³-hybridized carbons (Fsp3) is 0.708. The van der Waals surface area contributed by atoms with Crippen LogP contribution in [0.15, 0.2) is 37.0 Å². The maximum Gasteiger partial charge on any atom is 0.0944 e. The molecule has 2 unspecified atom stereocenters. The third-order valence-electron chi connectivity index (χ3n) is 4.24. The quantitative estimate of drug-likeness (QED) is 0.145. The van der Waals surface area contributed by atoms with E-state index in [0.29, 0.717) is 12.8 Å². The van der Waals surface area contributed by atoms with Crippen LogP contribution >= 0.6 is 0 Å². The number of ether oxygens (including phenoxy) is 2. The van der Waals surface area contributed by atoms with Crippen LogP contribution in [-0.2, 0) is 9.47 Å². The number of alkyl halides is 1. The molecule has 164 valence electrons. The van der Waals surface area contributed by atoms with Crippen LogP contribution in [0.4, 0.5) is 4.39 Å². The normalized spacial score (nSPS) is 18.4. The summed E-state index contributed by atoms with van der Waals surface area (Å²) in [6.07, 6.45) is 14.6. The minimum absolute atomic E-state index is 0.500. The summed E-state index contributed by atoms with van der Waals surface area (Å²) in [6, 6.07) is 1.96. The molecular formula is C24H44FNO2. The largest absolute Gasteiger partial charge is 0.385 e. The van der Waals surface area contributed by atoms with E-state index < -0.39 is 0 Å².